The monoisotopic (exact) mass is 1220 g/mol. The van der Waals surface area contributed by atoms with E-state index in [1.165, 1.54) is 28.7 Å². The van der Waals surface area contributed by atoms with E-state index in [-0.39, 0.29) is 53.8 Å². The van der Waals surface area contributed by atoms with Gasteiger partial charge >= 0.3 is 105 Å². The molecule has 0 spiro atoms. The molecule has 0 atom stereocenters. The Bertz CT molecular complexity index is 2170. The van der Waals surface area contributed by atoms with Crippen molar-refractivity contribution in [2.75, 3.05) is 5.32 Å². The Morgan fingerprint density at radius 2 is 0.686 bits per heavy atom. The summed E-state index contributed by atoms with van der Waals surface area (Å²) in [5.41, 5.74) is 8.93. The number of nitrogens with one attached hydrogen (secondary N) is 1. The number of hydrogen-bond acceptors (Lipinski definition) is 7. The molecular weight excluding hydrogens is 1150 g/mol. The molecule has 2 aromatic heterocycles. The summed E-state index contributed by atoms with van der Waals surface area (Å²) in [7, 11) is -21.3. The molecular formula is C47H59F12N7P2Ru2-2. The molecule has 0 unspecified atom stereocenters. The molecule has 0 aliphatic carbocycles. The first-order valence-corrected chi connectivity index (χ1v) is 24.0. The van der Waals surface area contributed by atoms with Gasteiger partial charge in [0, 0.05) is 23.8 Å². The molecule has 394 valence electrons. The molecule has 0 saturated carbocycles. The van der Waals surface area contributed by atoms with E-state index in [9.17, 15) is 50.4 Å². The Morgan fingerprint density at radius 3 is 0.900 bits per heavy atom. The second-order valence-corrected chi connectivity index (χ2v) is 18.6. The number of aryl methyl sites for hydroxylation is 2. The zero-order chi connectivity index (χ0) is 50.4. The van der Waals surface area contributed by atoms with Gasteiger partial charge in [0.05, 0.1) is 11.4 Å². The maximum absolute atomic E-state index is 10.7. The number of azo groups is 2. The summed E-state index contributed by atoms with van der Waals surface area (Å²) >= 11 is 0. The van der Waals surface area contributed by atoms with Crippen molar-refractivity contribution < 1.29 is 89.3 Å². The Kier molecular flexibility index (Phi) is 30.6. The third-order valence-electron chi connectivity index (χ3n) is 7.35. The van der Waals surface area contributed by atoms with Gasteiger partial charge in [0.1, 0.15) is 0 Å². The Hall–Kier alpha value is -4.55. The summed E-state index contributed by atoms with van der Waals surface area (Å²) in [6.07, 6.45) is 4.62. The van der Waals surface area contributed by atoms with Gasteiger partial charge in [0.15, 0.2) is 11.6 Å². The third kappa shape index (κ3) is 45.9. The van der Waals surface area contributed by atoms with Gasteiger partial charge in [0.25, 0.3) is 0 Å². The normalized spacial score (nSPS) is 12.5. The molecule has 0 amide bonds. The summed E-state index contributed by atoms with van der Waals surface area (Å²) in [6.45, 7) is 17.3. The fourth-order valence-electron chi connectivity index (χ4n) is 4.34. The molecule has 4 aromatic carbocycles. The summed E-state index contributed by atoms with van der Waals surface area (Å²) in [5, 5.41) is 19.9. The van der Waals surface area contributed by atoms with Gasteiger partial charge in [-0.3, -0.25) is 0 Å². The number of nitrogens with zero attached hydrogens (tertiary/aromatic N) is 6. The third-order valence-corrected chi connectivity index (χ3v) is 7.35. The van der Waals surface area contributed by atoms with Crippen LogP contribution in [0.2, 0.25) is 0 Å². The Balaban J connectivity index is -0.000000440. The zero-order valence-corrected chi connectivity index (χ0v) is 45.3. The molecule has 7 nitrogen and oxygen atoms in total. The molecule has 0 aliphatic rings. The number of anilines is 2. The second-order valence-electron chi connectivity index (χ2n) is 14.7. The van der Waals surface area contributed by atoms with Crippen LogP contribution < -0.4 is 5.32 Å². The smallest absolute Gasteiger partial charge is 0.358 e. The van der Waals surface area contributed by atoms with Gasteiger partial charge < -0.3 is 20.2 Å². The van der Waals surface area contributed by atoms with E-state index in [1.807, 2.05) is 72.8 Å². The Morgan fingerprint density at radius 1 is 0.429 bits per heavy atom. The van der Waals surface area contributed by atoms with Crippen molar-refractivity contribution in [3.63, 3.8) is 0 Å². The molecule has 2 heterocycles. The Labute approximate surface area is 429 Å². The topological polar surface area (TPSA) is 87.2 Å². The van der Waals surface area contributed by atoms with E-state index in [0.717, 1.165) is 22.7 Å². The van der Waals surface area contributed by atoms with E-state index in [0.29, 0.717) is 23.5 Å². The van der Waals surface area contributed by atoms with E-state index >= 15 is 0 Å². The first-order chi connectivity index (χ1) is 30.1. The van der Waals surface area contributed by atoms with Gasteiger partial charge in [-0.2, -0.15) is 0 Å². The standard InChI is InChI=1S/C22H17N7.2C10H14.C3H8.2CH3.2F6P.2Ru/c1-3-15-23-21(5-1)28-26-19-11-7-17(8-12-19)25-18-9-13-20(14-10-18)27-29-22-6-2-4-16-24-22;2*1-8(2)10-6-4-9(3)5-7-10;1-3-2;;;2*1-7(2,3,4,5)6;;/h1-16,25H;2*4-8H,1-3H3;3H2,1-2H3;2*1H3;;;;/q;;;;4*-1;2*+1. The predicted molar refractivity (Wildman–Crippen MR) is 259 cm³/mol. The zero-order valence-electron chi connectivity index (χ0n) is 40.0. The van der Waals surface area contributed by atoms with E-state index in [4.69, 9.17) is 0 Å². The van der Waals surface area contributed by atoms with E-state index in [2.05, 4.69) is 140 Å². The van der Waals surface area contributed by atoms with Gasteiger partial charge in [0.2, 0.25) is 0 Å². The maximum atomic E-state index is 9.87. The van der Waals surface area contributed by atoms with Crippen LogP contribution >= 0.6 is 15.6 Å². The summed E-state index contributed by atoms with van der Waals surface area (Å²) < 4.78 is 118. The van der Waals surface area contributed by atoms with Crippen LogP contribution in [0.15, 0.2) is 166 Å². The van der Waals surface area contributed by atoms with Crippen LogP contribution in [0.5, 0.6) is 0 Å². The first kappa shape index (κ1) is 72.0. The minimum atomic E-state index is -10.7. The molecule has 0 fully saturated rings. The molecule has 70 heavy (non-hydrogen) atoms. The van der Waals surface area contributed by atoms with Crippen LogP contribution in [0, 0.1) is 28.7 Å². The van der Waals surface area contributed by atoms with Gasteiger partial charge in [-0.25, -0.2) is 9.97 Å². The fourth-order valence-corrected chi connectivity index (χ4v) is 4.34. The van der Waals surface area contributed by atoms with Crippen LogP contribution in [0.25, 0.3) is 0 Å². The van der Waals surface area contributed by atoms with Crippen LogP contribution in [-0.4, -0.2) is 9.97 Å². The molecule has 6 rings (SSSR count). The summed E-state index contributed by atoms with van der Waals surface area (Å²) in [5.74, 6) is 2.46. The minimum Gasteiger partial charge on any atom is -0.358 e. The SMILES string of the molecule is CCC.Cc1ccc(C(C)C)cc1.Cc1ccc(C(C)C)cc1.F[P-](F)(F)(F)(F)F.F[P-](F)(F)(F)(F)F.[CH3-].[CH3-].[Ru+].[Ru+].c1ccc(N=Nc2ccc(Nc3ccc(N=Nc4ccccn4)cc3)cc2)nc1. The molecule has 0 saturated heterocycles. The number of aromatic nitrogens is 2. The van der Waals surface area contributed by atoms with Crippen LogP contribution in [0.3, 0.4) is 0 Å². The second kappa shape index (κ2) is 29.7. The van der Waals surface area contributed by atoms with Gasteiger partial charge in [-0.1, -0.05) is 120 Å². The predicted octanol–water partition coefficient (Wildman–Crippen LogP) is 22.4. The summed E-state index contributed by atoms with van der Waals surface area (Å²) in [4.78, 5) is 8.23. The fraction of sp³-hybridized carbons (Fsp3) is 0.234. The number of benzene rings is 4. The van der Waals surface area contributed by atoms with Gasteiger partial charge in [-0.05, 0) is 110 Å². The first-order valence-electron chi connectivity index (χ1n) is 20.0. The van der Waals surface area contributed by atoms with Gasteiger partial charge in [-0.15, -0.1) is 20.5 Å². The number of halogens is 12. The number of pyridine rings is 2. The van der Waals surface area contributed by atoms with Crippen LogP contribution in [0.4, 0.5) is 84.7 Å². The maximum Gasteiger partial charge on any atom is 1.00 e. The van der Waals surface area contributed by atoms with E-state index < -0.39 is 15.6 Å². The summed E-state index contributed by atoms with van der Waals surface area (Å²) in [6, 6.07) is 43.8. The number of hydrogen-bond donors (Lipinski definition) is 1. The molecule has 1 N–H and O–H groups in total. The molecule has 23 heteroatoms. The average Bonchev–Trinajstić information content (AvgIpc) is 3.20. The quantitative estimate of drug-likeness (QED) is 0.0541. The van der Waals surface area contributed by atoms with Crippen molar-refractivity contribution in [3.8, 4) is 0 Å². The molecule has 0 bridgehead atoms. The average molecular weight is 1210 g/mol. The molecule has 0 aliphatic heterocycles. The molecule has 6 aromatic rings. The largest absolute Gasteiger partial charge is 1.00 e. The van der Waals surface area contributed by atoms with Crippen LogP contribution in [-0.2, 0) is 39.0 Å². The molecule has 2 radical (unpaired) electrons. The minimum absolute atomic E-state index is 0. The van der Waals surface area contributed by atoms with Crippen molar-refractivity contribution in [2.24, 2.45) is 20.5 Å². The van der Waals surface area contributed by atoms with Crippen molar-refractivity contribution in [3.05, 3.63) is 183 Å². The number of rotatable bonds is 8. The van der Waals surface area contributed by atoms with Crippen molar-refractivity contribution in [1.29, 1.82) is 0 Å². The van der Waals surface area contributed by atoms with Crippen molar-refractivity contribution >= 4 is 50.0 Å². The van der Waals surface area contributed by atoms with Crippen molar-refractivity contribution in [2.45, 2.75) is 73.6 Å². The van der Waals surface area contributed by atoms with E-state index in [1.54, 1.807) is 24.5 Å². The van der Waals surface area contributed by atoms with Crippen molar-refractivity contribution in [1.82, 2.24) is 9.97 Å². The van der Waals surface area contributed by atoms with Crippen LogP contribution in [0.1, 0.15) is 82.1 Å².